The molecule has 1 N–H and O–H groups in total. The minimum Gasteiger partial charge on any atom is -0.390 e. The van der Waals surface area contributed by atoms with Crippen LogP contribution >= 0.6 is 0 Å². The van der Waals surface area contributed by atoms with E-state index in [9.17, 15) is 9.50 Å². The van der Waals surface area contributed by atoms with Gasteiger partial charge in [-0.05, 0) is 25.7 Å². The van der Waals surface area contributed by atoms with Gasteiger partial charge in [0.15, 0.2) is 0 Å². The molecular formula is C7H11FO. The third-order valence-corrected chi connectivity index (χ3v) is 2.72. The second-order valence-electron chi connectivity index (χ2n) is 3.55. The van der Waals surface area contributed by atoms with Crippen LogP contribution in [-0.2, 0) is 0 Å². The van der Waals surface area contributed by atoms with E-state index >= 15 is 0 Å². The third-order valence-electron chi connectivity index (χ3n) is 2.72. The molecule has 52 valence electrons. The summed E-state index contributed by atoms with van der Waals surface area (Å²) >= 11 is 0. The number of rotatable bonds is 0. The van der Waals surface area contributed by atoms with Gasteiger partial charge in [-0.3, -0.25) is 0 Å². The highest BCUT2D eigenvalue weighted by Crippen LogP contribution is 2.52. The minimum atomic E-state index is -0.977. The summed E-state index contributed by atoms with van der Waals surface area (Å²) in [6.45, 7) is 0. The Labute approximate surface area is 53.9 Å². The Hall–Kier alpha value is -0.110. The molecule has 2 rings (SSSR count). The van der Waals surface area contributed by atoms with Crippen LogP contribution in [-0.4, -0.2) is 16.4 Å². The Balaban J connectivity index is 2.25. The average molecular weight is 130 g/mol. The van der Waals surface area contributed by atoms with Gasteiger partial charge in [0.2, 0.25) is 0 Å². The first kappa shape index (κ1) is 5.66. The van der Waals surface area contributed by atoms with Gasteiger partial charge in [0, 0.05) is 6.42 Å². The highest BCUT2D eigenvalue weighted by Gasteiger charge is 2.53. The Morgan fingerprint density at radius 2 is 1.67 bits per heavy atom. The molecule has 1 nitrogen and oxygen atoms in total. The monoisotopic (exact) mass is 130 g/mol. The number of alkyl halides is 1. The molecule has 2 bridgehead atoms. The van der Waals surface area contributed by atoms with E-state index in [1.807, 2.05) is 0 Å². The summed E-state index contributed by atoms with van der Waals surface area (Å²) in [5, 5.41) is 9.47. The lowest BCUT2D eigenvalue weighted by molar-refractivity contribution is 0.0521. The molecule has 0 aromatic rings. The zero-order valence-corrected chi connectivity index (χ0v) is 5.36. The van der Waals surface area contributed by atoms with Crippen molar-refractivity contribution in [1.29, 1.82) is 0 Å². The van der Waals surface area contributed by atoms with Gasteiger partial charge in [0.25, 0.3) is 0 Å². The molecule has 0 saturated heterocycles. The van der Waals surface area contributed by atoms with Crippen LogP contribution in [0.2, 0.25) is 0 Å². The van der Waals surface area contributed by atoms with E-state index in [-0.39, 0.29) is 0 Å². The van der Waals surface area contributed by atoms with Crippen LogP contribution in [0.4, 0.5) is 4.39 Å². The van der Waals surface area contributed by atoms with Crippen molar-refractivity contribution in [3.05, 3.63) is 0 Å². The molecule has 0 amide bonds. The fraction of sp³-hybridized carbons (Fsp3) is 1.00. The van der Waals surface area contributed by atoms with Crippen LogP contribution in [0.3, 0.4) is 0 Å². The van der Waals surface area contributed by atoms with Crippen molar-refractivity contribution in [3.63, 3.8) is 0 Å². The summed E-state index contributed by atoms with van der Waals surface area (Å²) in [5.41, 5.74) is -1.58. The van der Waals surface area contributed by atoms with Crippen molar-refractivity contribution in [2.45, 2.75) is 43.4 Å². The zero-order chi connectivity index (χ0) is 6.54. The molecule has 0 aliphatic heterocycles. The van der Waals surface area contributed by atoms with E-state index < -0.39 is 11.3 Å². The first-order valence-corrected chi connectivity index (χ1v) is 3.53. The highest BCUT2D eigenvalue weighted by molar-refractivity contribution is 5.06. The van der Waals surface area contributed by atoms with Gasteiger partial charge >= 0.3 is 0 Å². The largest absolute Gasteiger partial charge is 0.390 e. The van der Waals surface area contributed by atoms with E-state index in [0.717, 1.165) is 0 Å². The second kappa shape index (κ2) is 1.31. The van der Waals surface area contributed by atoms with Gasteiger partial charge < -0.3 is 5.11 Å². The van der Waals surface area contributed by atoms with E-state index in [1.165, 1.54) is 0 Å². The lowest BCUT2D eigenvalue weighted by Crippen LogP contribution is -2.20. The maximum atomic E-state index is 13.2. The fourth-order valence-electron chi connectivity index (χ4n) is 2.11. The molecule has 2 aliphatic carbocycles. The van der Waals surface area contributed by atoms with Gasteiger partial charge in [-0.1, -0.05) is 0 Å². The topological polar surface area (TPSA) is 20.2 Å². The molecule has 0 aromatic carbocycles. The maximum Gasteiger partial charge on any atom is 0.114 e. The molecule has 2 fully saturated rings. The first-order chi connectivity index (χ1) is 4.12. The predicted molar refractivity (Wildman–Crippen MR) is 31.9 cm³/mol. The summed E-state index contributed by atoms with van der Waals surface area (Å²) in [6.07, 6.45) is 2.94. The summed E-state index contributed by atoms with van der Waals surface area (Å²) in [7, 11) is 0. The summed E-state index contributed by atoms with van der Waals surface area (Å²) in [5.74, 6) is 0. The average Bonchev–Trinajstić information content (AvgIpc) is 2.19. The third kappa shape index (κ3) is 0.692. The summed E-state index contributed by atoms with van der Waals surface area (Å²) < 4.78 is 13.2. The Bertz CT molecular complexity index is 120. The molecule has 2 heteroatoms. The van der Waals surface area contributed by atoms with E-state index in [1.54, 1.807) is 0 Å². The van der Waals surface area contributed by atoms with Gasteiger partial charge in [-0.25, -0.2) is 4.39 Å². The van der Waals surface area contributed by atoms with Crippen LogP contribution in [0.1, 0.15) is 32.1 Å². The number of hydrogen-bond donors (Lipinski definition) is 1. The van der Waals surface area contributed by atoms with E-state index in [4.69, 9.17) is 0 Å². The van der Waals surface area contributed by atoms with Gasteiger partial charge in [0.1, 0.15) is 5.67 Å². The molecule has 0 atom stereocenters. The first-order valence-electron chi connectivity index (χ1n) is 3.53. The number of aliphatic hydroxyl groups is 1. The molecular weight excluding hydrogens is 119 g/mol. The predicted octanol–water partition coefficient (Wildman–Crippen LogP) is 1.40. The van der Waals surface area contributed by atoms with Crippen LogP contribution < -0.4 is 0 Å². The molecule has 0 unspecified atom stereocenters. The van der Waals surface area contributed by atoms with Crippen LogP contribution in [0, 0.1) is 0 Å². The number of hydrogen-bond acceptors (Lipinski definition) is 1. The molecule has 0 spiro atoms. The van der Waals surface area contributed by atoms with Crippen LogP contribution in [0.25, 0.3) is 0 Å². The summed E-state index contributed by atoms with van der Waals surface area (Å²) in [6, 6.07) is 0. The SMILES string of the molecule is OC12CCC(F)(CC1)C2. The van der Waals surface area contributed by atoms with E-state index in [2.05, 4.69) is 0 Å². The van der Waals surface area contributed by atoms with Crippen molar-refractivity contribution in [2.75, 3.05) is 0 Å². The van der Waals surface area contributed by atoms with Crippen molar-refractivity contribution in [2.24, 2.45) is 0 Å². The van der Waals surface area contributed by atoms with E-state index in [0.29, 0.717) is 32.1 Å². The number of halogens is 1. The lowest BCUT2D eigenvalue weighted by Gasteiger charge is -2.18. The molecule has 9 heavy (non-hydrogen) atoms. The normalized spacial score (nSPS) is 56.7. The maximum absolute atomic E-state index is 13.2. The molecule has 0 aromatic heterocycles. The zero-order valence-electron chi connectivity index (χ0n) is 5.36. The molecule has 0 radical (unpaired) electrons. The highest BCUT2D eigenvalue weighted by atomic mass is 19.1. The van der Waals surface area contributed by atoms with Crippen molar-refractivity contribution < 1.29 is 9.50 Å². The quantitative estimate of drug-likeness (QED) is 0.525. The minimum absolute atomic E-state index is 0.403. The summed E-state index contributed by atoms with van der Waals surface area (Å²) in [4.78, 5) is 0. The Kier molecular flexibility index (Phi) is 0.825. The van der Waals surface area contributed by atoms with Gasteiger partial charge in [-0.15, -0.1) is 0 Å². The van der Waals surface area contributed by atoms with Crippen molar-refractivity contribution in [3.8, 4) is 0 Å². The second-order valence-corrected chi connectivity index (χ2v) is 3.55. The molecule has 2 saturated carbocycles. The number of fused-ring (bicyclic) bond motifs is 2. The van der Waals surface area contributed by atoms with Crippen LogP contribution in [0.15, 0.2) is 0 Å². The van der Waals surface area contributed by atoms with Gasteiger partial charge in [0.05, 0.1) is 5.60 Å². The van der Waals surface area contributed by atoms with Crippen LogP contribution in [0.5, 0.6) is 0 Å². The molecule has 0 heterocycles. The molecule has 2 aliphatic rings. The Morgan fingerprint density at radius 3 is 1.78 bits per heavy atom. The lowest BCUT2D eigenvalue weighted by atomic mass is 9.96. The smallest absolute Gasteiger partial charge is 0.114 e. The van der Waals surface area contributed by atoms with Gasteiger partial charge in [-0.2, -0.15) is 0 Å². The standard InChI is InChI=1S/C7H11FO/c8-6-1-3-7(9,5-6)4-2-6/h9H,1-5H2. The van der Waals surface area contributed by atoms with Crippen molar-refractivity contribution >= 4 is 0 Å². The van der Waals surface area contributed by atoms with Crippen molar-refractivity contribution in [1.82, 2.24) is 0 Å². The Morgan fingerprint density at radius 1 is 1.11 bits per heavy atom. The fourth-order valence-corrected chi connectivity index (χ4v) is 2.11.